The molecule has 1 aromatic heterocycles. The molecule has 1 aromatic carbocycles. The van der Waals surface area contributed by atoms with Crippen molar-refractivity contribution in [3.63, 3.8) is 0 Å². The smallest absolute Gasteiger partial charge is 0.125 e. The fourth-order valence-corrected chi connectivity index (χ4v) is 1.80. The summed E-state index contributed by atoms with van der Waals surface area (Å²) in [6, 6.07) is 8.35. The number of halogens is 1. The number of nitrogen functional groups attached to an aromatic ring is 1. The third-order valence-electron chi connectivity index (χ3n) is 2.44. The van der Waals surface area contributed by atoms with E-state index in [0.29, 0.717) is 18.8 Å². The molecule has 3 nitrogen and oxygen atoms in total. The number of hydrogen-bond donors (Lipinski definition) is 1. The average Bonchev–Trinajstić information content (AvgIpc) is 2.67. The van der Waals surface area contributed by atoms with E-state index < -0.39 is 0 Å². The Morgan fingerprint density at radius 3 is 2.76 bits per heavy atom. The van der Waals surface area contributed by atoms with Gasteiger partial charge in [0.1, 0.15) is 11.6 Å². The van der Waals surface area contributed by atoms with E-state index in [1.54, 1.807) is 12.3 Å². The van der Waals surface area contributed by atoms with Gasteiger partial charge in [0.15, 0.2) is 0 Å². The first-order valence-electron chi connectivity index (χ1n) is 5.39. The normalized spacial score (nSPS) is 11.0. The molecular weight excluding hydrogens is 219 g/mol. The molecule has 0 aliphatic heterocycles. The Balaban J connectivity index is 2.00. The van der Waals surface area contributed by atoms with E-state index in [-0.39, 0.29) is 5.82 Å². The molecule has 2 aromatic rings. The van der Waals surface area contributed by atoms with Crippen molar-refractivity contribution in [3.05, 3.63) is 53.7 Å². The van der Waals surface area contributed by atoms with Gasteiger partial charge in [-0.25, -0.2) is 4.39 Å². The first-order chi connectivity index (χ1) is 8.13. The molecule has 0 aliphatic rings. The van der Waals surface area contributed by atoms with E-state index in [4.69, 9.17) is 10.2 Å². The van der Waals surface area contributed by atoms with E-state index in [9.17, 15) is 4.39 Å². The summed E-state index contributed by atoms with van der Waals surface area (Å²) in [6.07, 6.45) is 1.64. The highest BCUT2D eigenvalue weighted by Crippen LogP contribution is 2.13. The summed E-state index contributed by atoms with van der Waals surface area (Å²) in [6.45, 7) is 1.31. The van der Waals surface area contributed by atoms with Crippen LogP contribution in [0.15, 0.2) is 41.0 Å². The molecule has 0 saturated heterocycles. The SMILES string of the molecule is CN(Cc1cc(N)cc(F)c1)Cc1ccco1. The standard InChI is InChI=1S/C13H15FN2O/c1-16(9-13-3-2-4-17-13)8-10-5-11(14)7-12(15)6-10/h2-7H,8-9,15H2,1H3. The number of anilines is 1. The van der Waals surface area contributed by atoms with Crippen molar-refractivity contribution in [1.82, 2.24) is 4.90 Å². The maximum Gasteiger partial charge on any atom is 0.125 e. The lowest BCUT2D eigenvalue weighted by atomic mass is 10.2. The topological polar surface area (TPSA) is 42.4 Å². The van der Waals surface area contributed by atoms with Crippen molar-refractivity contribution >= 4 is 5.69 Å². The van der Waals surface area contributed by atoms with Crippen LogP contribution < -0.4 is 5.73 Å². The molecule has 0 unspecified atom stereocenters. The Morgan fingerprint density at radius 2 is 2.12 bits per heavy atom. The number of furan rings is 1. The van der Waals surface area contributed by atoms with Crippen LogP contribution in [0, 0.1) is 5.82 Å². The van der Waals surface area contributed by atoms with Crippen LogP contribution in [0.2, 0.25) is 0 Å². The Morgan fingerprint density at radius 1 is 1.29 bits per heavy atom. The van der Waals surface area contributed by atoms with Gasteiger partial charge in [-0.05, 0) is 42.9 Å². The van der Waals surface area contributed by atoms with Crippen molar-refractivity contribution < 1.29 is 8.81 Å². The molecule has 1 heterocycles. The zero-order valence-electron chi connectivity index (χ0n) is 9.69. The van der Waals surface area contributed by atoms with E-state index in [0.717, 1.165) is 11.3 Å². The Bertz CT molecular complexity index is 462. The third kappa shape index (κ3) is 3.32. The summed E-state index contributed by atoms with van der Waals surface area (Å²) in [5, 5.41) is 0. The fraction of sp³-hybridized carbons (Fsp3) is 0.231. The Kier molecular flexibility index (Phi) is 3.44. The van der Waals surface area contributed by atoms with Gasteiger partial charge >= 0.3 is 0 Å². The van der Waals surface area contributed by atoms with Crippen LogP contribution in [0.3, 0.4) is 0 Å². The van der Waals surface area contributed by atoms with Gasteiger partial charge in [0.2, 0.25) is 0 Å². The molecule has 2 N–H and O–H groups in total. The lowest BCUT2D eigenvalue weighted by molar-refractivity contribution is 0.287. The predicted octanol–water partition coefficient (Wildman–Crippen LogP) is 2.63. The molecule has 2 rings (SSSR count). The molecule has 17 heavy (non-hydrogen) atoms. The molecule has 0 aliphatic carbocycles. The molecule has 0 spiro atoms. The summed E-state index contributed by atoms with van der Waals surface area (Å²) < 4.78 is 18.4. The molecule has 0 fully saturated rings. The van der Waals surface area contributed by atoms with Gasteiger partial charge in [-0.3, -0.25) is 4.90 Å². The summed E-state index contributed by atoms with van der Waals surface area (Å²) >= 11 is 0. The number of nitrogens with zero attached hydrogens (tertiary/aromatic N) is 1. The molecule has 90 valence electrons. The van der Waals surface area contributed by atoms with Crippen LogP contribution in [-0.4, -0.2) is 11.9 Å². The van der Waals surface area contributed by atoms with Crippen LogP contribution in [0.5, 0.6) is 0 Å². The van der Waals surface area contributed by atoms with Crippen LogP contribution in [0.4, 0.5) is 10.1 Å². The summed E-state index contributed by atoms with van der Waals surface area (Å²) in [5.41, 5.74) is 6.90. The second-order valence-electron chi connectivity index (χ2n) is 4.14. The largest absolute Gasteiger partial charge is 0.468 e. The van der Waals surface area contributed by atoms with E-state index in [1.807, 2.05) is 24.1 Å². The Hall–Kier alpha value is -1.81. The van der Waals surface area contributed by atoms with Gasteiger partial charge in [-0.1, -0.05) is 0 Å². The minimum Gasteiger partial charge on any atom is -0.468 e. The van der Waals surface area contributed by atoms with E-state index >= 15 is 0 Å². The minimum atomic E-state index is -0.300. The molecule has 0 saturated carbocycles. The van der Waals surface area contributed by atoms with Crippen LogP contribution >= 0.6 is 0 Å². The van der Waals surface area contributed by atoms with Crippen LogP contribution in [0.25, 0.3) is 0 Å². The van der Waals surface area contributed by atoms with Crippen molar-refractivity contribution in [3.8, 4) is 0 Å². The van der Waals surface area contributed by atoms with Crippen molar-refractivity contribution in [1.29, 1.82) is 0 Å². The summed E-state index contributed by atoms with van der Waals surface area (Å²) in [5.74, 6) is 0.586. The van der Waals surface area contributed by atoms with Gasteiger partial charge in [0.05, 0.1) is 12.8 Å². The van der Waals surface area contributed by atoms with Crippen molar-refractivity contribution in [2.45, 2.75) is 13.1 Å². The summed E-state index contributed by atoms with van der Waals surface area (Å²) in [7, 11) is 1.95. The molecule has 0 bridgehead atoms. The van der Waals surface area contributed by atoms with Gasteiger partial charge in [-0.2, -0.15) is 0 Å². The lowest BCUT2D eigenvalue weighted by Gasteiger charge is -2.15. The molecular formula is C13H15FN2O. The van der Waals surface area contributed by atoms with Gasteiger partial charge in [0.25, 0.3) is 0 Å². The molecule has 0 radical (unpaired) electrons. The second kappa shape index (κ2) is 5.01. The second-order valence-corrected chi connectivity index (χ2v) is 4.14. The monoisotopic (exact) mass is 234 g/mol. The zero-order valence-corrected chi connectivity index (χ0v) is 9.69. The molecule has 0 atom stereocenters. The van der Waals surface area contributed by atoms with E-state index in [1.165, 1.54) is 12.1 Å². The number of hydrogen-bond acceptors (Lipinski definition) is 3. The highest BCUT2D eigenvalue weighted by molar-refractivity contribution is 5.41. The lowest BCUT2D eigenvalue weighted by Crippen LogP contribution is -2.17. The molecule has 4 heteroatoms. The van der Waals surface area contributed by atoms with Crippen molar-refractivity contribution in [2.75, 3.05) is 12.8 Å². The van der Waals surface area contributed by atoms with Gasteiger partial charge in [-0.15, -0.1) is 0 Å². The average molecular weight is 234 g/mol. The highest BCUT2D eigenvalue weighted by Gasteiger charge is 2.05. The van der Waals surface area contributed by atoms with Gasteiger partial charge < -0.3 is 10.2 Å². The Labute approximate surface area is 99.6 Å². The maximum atomic E-state index is 13.1. The number of benzene rings is 1. The van der Waals surface area contributed by atoms with Crippen molar-refractivity contribution in [2.24, 2.45) is 0 Å². The highest BCUT2D eigenvalue weighted by atomic mass is 19.1. The molecule has 0 amide bonds. The van der Waals surface area contributed by atoms with Gasteiger partial charge in [0, 0.05) is 12.2 Å². The number of rotatable bonds is 4. The van der Waals surface area contributed by atoms with Crippen LogP contribution in [-0.2, 0) is 13.1 Å². The first kappa shape index (κ1) is 11.7. The third-order valence-corrected chi connectivity index (χ3v) is 2.44. The quantitative estimate of drug-likeness (QED) is 0.827. The number of nitrogens with two attached hydrogens (primary N) is 1. The minimum absolute atomic E-state index is 0.300. The fourth-order valence-electron chi connectivity index (χ4n) is 1.80. The maximum absolute atomic E-state index is 13.1. The zero-order chi connectivity index (χ0) is 12.3. The summed E-state index contributed by atoms with van der Waals surface area (Å²) in [4.78, 5) is 2.03. The van der Waals surface area contributed by atoms with E-state index in [2.05, 4.69) is 0 Å². The predicted molar refractivity (Wildman–Crippen MR) is 64.7 cm³/mol. The first-order valence-corrected chi connectivity index (χ1v) is 5.39. The van der Waals surface area contributed by atoms with Crippen LogP contribution in [0.1, 0.15) is 11.3 Å².